The molecule has 25 heavy (non-hydrogen) atoms. The standard InChI is InChI=1S/C22H16O3/c1-15-8-7-10-17-14-16-9-5-6-13-19(16)21(20(15)17)25-22(23)24-18-11-3-2-4-12-18/h2-14H,1H3. The largest absolute Gasteiger partial charge is 0.519 e. The molecule has 122 valence electrons. The number of ether oxygens (including phenoxy) is 2. The van der Waals surface area contributed by atoms with Gasteiger partial charge in [-0.15, -0.1) is 0 Å². The van der Waals surface area contributed by atoms with Gasteiger partial charge in [-0.05, 0) is 41.5 Å². The molecular weight excluding hydrogens is 312 g/mol. The maximum atomic E-state index is 12.3. The van der Waals surface area contributed by atoms with Crippen molar-refractivity contribution in [1.29, 1.82) is 0 Å². The summed E-state index contributed by atoms with van der Waals surface area (Å²) < 4.78 is 11.0. The third-order valence-corrected chi connectivity index (χ3v) is 4.18. The van der Waals surface area contributed by atoms with Crippen LogP contribution in [-0.2, 0) is 0 Å². The molecule has 0 amide bonds. The Morgan fingerprint density at radius 3 is 2.32 bits per heavy atom. The van der Waals surface area contributed by atoms with E-state index in [0.717, 1.165) is 27.1 Å². The van der Waals surface area contributed by atoms with Crippen LogP contribution >= 0.6 is 0 Å². The Hall–Kier alpha value is -3.33. The number of fused-ring (bicyclic) bond motifs is 2. The average Bonchev–Trinajstić information content (AvgIpc) is 2.62. The first-order chi connectivity index (χ1) is 12.2. The lowest BCUT2D eigenvalue weighted by molar-refractivity contribution is 0.153. The Kier molecular flexibility index (Phi) is 3.82. The monoisotopic (exact) mass is 328 g/mol. The molecule has 0 unspecified atom stereocenters. The van der Waals surface area contributed by atoms with Crippen molar-refractivity contribution in [1.82, 2.24) is 0 Å². The molecule has 0 aliphatic heterocycles. The van der Waals surface area contributed by atoms with Crippen LogP contribution in [0.1, 0.15) is 5.56 Å². The molecule has 0 aliphatic rings. The molecule has 0 radical (unpaired) electrons. The zero-order valence-electron chi connectivity index (χ0n) is 13.7. The number of para-hydroxylation sites is 1. The van der Waals surface area contributed by atoms with E-state index in [1.807, 2.05) is 55.5 Å². The molecular formula is C22H16O3. The van der Waals surface area contributed by atoms with Gasteiger partial charge in [0.25, 0.3) is 0 Å². The minimum Gasteiger partial charge on any atom is -0.395 e. The zero-order chi connectivity index (χ0) is 17.2. The van der Waals surface area contributed by atoms with Gasteiger partial charge in [0.2, 0.25) is 0 Å². The predicted octanol–water partition coefficient (Wildman–Crippen LogP) is 5.88. The lowest BCUT2D eigenvalue weighted by Crippen LogP contribution is -2.14. The van der Waals surface area contributed by atoms with Gasteiger partial charge in [0.1, 0.15) is 11.5 Å². The van der Waals surface area contributed by atoms with Gasteiger partial charge in [0.05, 0.1) is 0 Å². The highest BCUT2D eigenvalue weighted by Gasteiger charge is 2.16. The van der Waals surface area contributed by atoms with Crippen molar-refractivity contribution >= 4 is 27.7 Å². The molecule has 0 fully saturated rings. The fourth-order valence-corrected chi connectivity index (χ4v) is 3.05. The molecule has 3 heteroatoms. The van der Waals surface area contributed by atoms with Gasteiger partial charge in [-0.2, -0.15) is 0 Å². The van der Waals surface area contributed by atoms with E-state index in [-0.39, 0.29) is 0 Å². The minimum absolute atomic E-state index is 0.453. The van der Waals surface area contributed by atoms with Gasteiger partial charge in [-0.1, -0.05) is 60.7 Å². The quantitative estimate of drug-likeness (QED) is 0.262. The fraction of sp³-hybridized carbons (Fsp3) is 0.0455. The van der Waals surface area contributed by atoms with Gasteiger partial charge < -0.3 is 9.47 Å². The van der Waals surface area contributed by atoms with E-state index in [4.69, 9.17) is 9.47 Å². The van der Waals surface area contributed by atoms with Crippen molar-refractivity contribution < 1.29 is 14.3 Å². The number of hydrogen-bond donors (Lipinski definition) is 0. The Morgan fingerprint density at radius 1 is 0.760 bits per heavy atom. The molecule has 0 aromatic heterocycles. The highest BCUT2D eigenvalue weighted by Crippen LogP contribution is 2.37. The molecule has 0 spiro atoms. The van der Waals surface area contributed by atoms with E-state index in [2.05, 4.69) is 6.07 Å². The minimum atomic E-state index is -0.743. The number of benzene rings is 4. The van der Waals surface area contributed by atoms with Crippen LogP contribution in [0.5, 0.6) is 11.5 Å². The van der Waals surface area contributed by atoms with Gasteiger partial charge in [0.15, 0.2) is 0 Å². The smallest absolute Gasteiger partial charge is 0.395 e. The number of rotatable bonds is 2. The lowest BCUT2D eigenvalue weighted by atomic mass is 9.99. The molecule has 3 nitrogen and oxygen atoms in total. The Morgan fingerprint density at radius 2 is 1.48 bits per heavy atom. The van der Waals surface area contributed by atoms with Gasteiger partial charge >= 0.3 is 6.16 Å². The summed E-state index contributed by atoms with van der Waals surface area (Å²) in [6.07, 6.45) is -0.743. The molecule has 0 heterocycles. The Balaban J connectivity index is 1.82. The number of carbonyl (C=O) groups excluding carboxylic acids is 1. The van der Waals surface area contributed by atoms with Gasteiger partial charge in [-0.25, -0.2) is 4.79 Å². The second-order valence-corrected chi connectivity index (χ2v) is 5.87. The van der Waals surface area contributed by atoms with Gasteiger partial charge in [-0.3, -0.25) is 0 Å². The molecule has 4 aromatic rings. The normalized spacial score (nSPS) is 10.8. The molecule has 4 rings (SSSR count). The van der Waals surface area contributed by atoms with Crippen LogP contribution in [0.25, 0.3) is 21.5 Å². The summed E-state index contributed by atoms with van der Waals surface area (Å²) in [5, 5.41) is 3.85. The Labute approximate surface area is 145 Å². The third-order valence-electron chi connectivity index (χ3n) is 4.18. The second-order valence-electron chi connectivity index (χ2n) is 5.87. The predicted molar refractivity (Wildman–Crippen MR) is 99.3 cm³/mol. The molecule has 0 saturated heterocycles. The fourth-order valence-electron chi connectivity index (χ4n) is 3.05. The molecule has 0 aliphatic carbocycles. The topological polar surface area (TPSA) is 35.5 Å². The van der Waals surface area contributed by atoms with Crippen LogP contribution in [0.3, 0.4) is 0 Å². The van der Waals surface area contributed by atoms with Crippen LogP contribution in [0.15, 0.2) is 78.9 Å². The summed E-state index contributed by atoms with van der Waals surface area (Å²) in [6.45, 7) is 2.01. The lowest BCUT2D eigenvalue weighted by Gasteiger charge is -2.13. The SMILES string of the molecule is Cc1cccc2cc3ccccc3c(OC(=O)Oc3ccccc3)c12. The Bertz CT molecular complexity index is 1070. The summed E-state index contributed by atoms with van der Waals surface area (Å²) in [7, 11) is 0. The zero-order valence-corrected chi connectivity index (χ0v) is 13.7. The summed E-state index contributed by atoms with van der Waals surface area (Å²) in [5.41, 5.74) is 1.05. The number of aryl methyl sites for hydroxylation is 1. The average molecular weight is 328 g/mol. The van der Waals surface area contributed by atoms with Crippen molar-refractivity contribution in [2.24, 2.45) is 0 Å². The highest BCUT2D eigenvalue weighted by molar-refractivity contribution is 6.07. The van der Waals surface area contributed by atoms with Crippen LogP contribution in [0, 0.1) is 6.92 Å². The van der Waals surface area contributed by atoms with E-state index in [0.29, 0.717) is 11.5 Å². The van der Waals surface area contributed by atoms with E-state index in [9.17, 15) is 4.79 Å². The van der Waals surface area contributed by atoms with Crippen molar-refractivity contribution in [2.75, 3.05) is 0 Å². The van der Waals surface area contributed by atoms with Crippen molar-refractivity contribution in [3.8, 4) is 11.5 Å². The van der Waals surface area contributed by atoms with Crippen LogP contribution < -0.4 is 9.47 Å². The molecule has 0 atom stereocenters. The molecule has 4 aromatic carbocycles. The summed E-state index contributed by atoms with van der Waals surface area (Å²) >= 11 is 0. The maximum Gasteiger partial charge on any atom is 0.519 e. The van der Waals surface area contributed by atoms with Gasteiger partial charge in [0, 0.05) is 10.8 Å². The maximum absolute atomic E-state index is 12.3. The summed E-state index contributed by atoms with van der Waals surface area (Å²) in [6, 6.07) is 24.9. The number of carbonyl (C=O) groups is 1. The van der Waals surface area contributed by atoms with Crippen LogP contribution in [0.4, 0.5) is 4.79 Å². The third kappa shape index (κ3) is 2.92. The first kappa shape index (κ1) is 15.2. The molecule has 0 saturated carbocycles. The van der Waals surface area contributed by atoms with E-state index >= 15 is 0 Å². The summed E-state index contributed by atoms with van der Waals surface area (Å²) in [5.74, 6) is 0.987. The van der Waals surface area contributed by atoms with E-state index < -0.39 is 6.16 Å². The van der Waals surface area contributed by atoms with Crippen molar-refractivity contribution in [2.45, 2.75) is 6.92 Å². The molecule has 0 bridgehead atoms. The van der Waals surface area contributed by atoms with E-state index in [1.165, 1.54) is 0 Å². The van der Waals surface area contributed by atoms with Crippen LogP contribution in [-0.4, -0.2) is 6.16 Å². The second kappa shape index (κ2) is 6.29. The highest BCUT2D eigenvalue weighted by atomic mass is 16.7. The van der Waals surface area contributed by atoms with Crippen molar-refractivity contribution in [3.63, 3.8) is 0 Å². The van der Waals surface area contributed by atoms with E-state index in [1.54, 1.807) is 24.3 Å². The summed E-state index contributed by atoms with van der Waals surface area (Å²) in [4.78, 5) is 12.3. The van der Waals surface area contributed by atoms with Crippen LogP contribution in [0.2, 0.25) is 0 Å². The first-order valence-electron chi connectivity index (χ1n) is 8.08. The van der Waals surface area contributed by atoms with Crippen molar-refractivity contribution in [3.05, 3.63) is 84.4 Å². The number of hydrogen-bond acceptors (Lipinski definition) is 3. The first-order valence-corrected chi connectivity index (χ1v) is 8.08. The molecule has 0 N–H and O–H groups in total.